The summed E-state index contributed by atoms with van der Waals surface area (Å²) in [6.45, 7) is 1.67. The van der Waals surface area contributed by atoms with Gasteiger partial charge in [0.2, 0.25) is 5.95 Å². The van der Waals surface area contributed by atoms with E-state index in [0.717, 1.165) is 48.4 Å². The fraction of sp³-hybridized carbons (Fsp3) is 0.350. The van der Waals surface area contributed by atoms with Crippen LogP contribution in [0, 0.1) is 5.82 Å². The van der Waals surface area contributed by atoms with E-state index < -0.39 is 0 Å². The summed E-state index contributed by atoms with van der Waals surface area (Å²) in [7, 11) is 0. The molecule has 2 heterocycles. The molecule has 0 amide bonds. The van der Waals surface area contributed by atoms with Crippen molar-refractivity contribution in [3.05, 3.63) is 59.9 Å². The van der Waals surface area contributed by atoms with Gasteiger partial charge in [-0.2, -0.15) is 0 Å². The molecule has 1 aromatic heterocycles. The first-order chi connectivity index (χ1) is 12.3. The third-order valence-electron chi connectivity index (χ3n) is 4.98. The molecule has 1 aliphatic heterocycles. The van der Waals surface area contributed by atoms with Crippen molar-refractivity contribution in [3.8, 4) is 0 Å². The molecule has 0 bridgehead atoms. The number of imidazole rings is 1. The van der Waals surface area contributed by atoms with Crippen LogP contribution in [0.15, 0.2) is 48.5 Å². The Bertz CT molecular complexity index is 859. The Hall–Kier alpha value is -2.40. The Balaban J connectivity index is 1.78. The third-order valence-corrected chi connectivity index (χ3v) is 4.98. The molecule has 1 N–H and O–H groups in total. The van der Waals surface area contributed by atoms with E-state index in [1.807, 2.05) is 30.3 Å². The number of piperidine rings is 1. The highest BCUT2D eigenvalue weighted by atomic mass is 19.1. The van der Waals surface area contributed by atoms with Gasteiger partial charge in [-0.15, -0.1) is 0 Å². The first-order valence-electron chi connectivity index (χ1n) is 8.83. The van der Waals surface area contributed by atoms with E-state index in [1.54, 1.807) is 0 Å². The summed E-state index contributed by atoms with van der Waals surface area (Å²) in [4.78, 5) is 7.08. The van der Waals surface area contributed by atoms with E-state index in [0.29, 0.717) is 6.54 Å². The SMILES string of the molecule is OC[C@@H]1CCCCN1c1nc2ccccc2n1Cc1ccc(F)cc1. The lowest BCUT2D eigenvalue weighted by molar-refractivity contribution is 0.238. The predicted molar refractivity (Wildman–Crippen MR) is 97.3 cm³/mol. The lowest BCUT2D eigenvalue weighted by atomic mass is 10.0. The minimum atomic E-state index is -0.226. The molecule has 1 saturated heterocycles. The molecular weight excluding hydrogens is 317 g/mol. The lowest BCUT2D eigenvalue weighted by Gasteiger charge is -2.35. The second-order valence-electron chi connectivity index (χ2n) is 6.64. The van der Waals surface area contributed by atoms with Gasteiger partial charge in [-0.25, -0.2) is 9.37 Å². The van der Waals surface area contributed by atoms with E-state index in [-0.39, 0.29) is 18.5 Å². The number of nitrogens with zero attached hydrogens (tertiary/aromatic N) is 3. The lowest BCUT2D eigenvalue weighted by Crippen LogP contribution is -2.43. The van der Waals surface area contributed by atoms with Gasteiger partial charge in [0.1, 0.15) is 5.82 Å². The molecule has 1 atom stereocenters. The van der Waals surface area contributed by atoms with E-state index in [1.165, 1.54) is 12.1 Å². The number of halogens is 1. The zero-order valence-corrected chi connectivity index (χ0v) is 14.1. The highest BCUT2D eigenvalue weighted by Gasteiger charge is 2.26. The van der Waals surface area contributed by atoms with Gasteiger partial charge in [0.15, 0.2) is 0 Å². The molecule has 0 saturated carbocycles. The summed E-state index contributed by atoms with van der Waals surface area (Å²) in [5.41, 5.74) is 3.04. The molecule has 0 spiro atoms. The summed E-state index contributed by atoms with van der Waals surface area (Å²) in [6, 6.07) is 14.8. The van der Waals surface area contributed by atoms with Gasteiger partial charge in [-0.3, -0.25) is 0 Å². The number of aliphatic hydroxyl groups excluding tert-OH is 1. The van der Waals surface area contributed by atoms with Crippen molar-refractivity contribution in [3.63, 3.8) is 0 Å². The van der Waals surface area contributed by atoms with Crippen molar-refractivity contribution >= 4 is 17.0 Å². The van der Waals surface area contributed by atoms with Gasteiger partial charge in [0.05, 0.1) is 30.2 Å². The fourth-order valence-electron chi connectivity index (χ4n) is 3.66. The van der Waals surface area contributed by atoms with Gasteiger partial charge < -0.3 is 14.6 Å². The monoisotopic (exact) mass is 339 g/mol. The number of rotatable bonds is 4. The number of hydrogen-bond donors (Lipinski definition) is 1. The van der Waals surface area contributed by atoms with Crippen LogP contribution in [-0.4, -0.2) is 33.9 Å². The Labute approximate surface area is 146 Å². The average molecular weight is 339 g/mol. The van der Waals surface area contributed by atoms with Crippen molar-refractivity contribution in [2.75, 3.05) is 18.1 Å². The highest BCUT2D eigenvalue weighted by molar-refractivity contribution is 5.79. The van der Waals surface area contributed by atoms with Gasteiger partial charge in [-0.05, 0) is 49.1 Å². The fourth-order valence-corrected chi connectivity index (χ4v) is 3.66. The normalized spacial score (nSPS) is 18.0. The number of para-hydroxylation sites is 2. The summed E-state index contributed by atoms with van der Waals surface area (Å²) in [5.74, 6) is 0.667. The Morgan fingerprint density at radius 1 is 1.08 bits per heavy atom. The molecule has 3 aromatic rings. The van der Waals surface area contributed by atoms with Crippen molar-refractivity contribution in [2.24, 2.45) is 0 Å². The van der Waals surface area contributed by atoms with Crippen LogP contribution in [0.4, 0.5) is 10.3 Å². The number of aliphatic hydroxyl groups is 1. The maximum Gasteiger partial charge on any atom is 0.207 e. The van der Waals surface area contributed by atoms with Crippen LogP contribution in [0.5, 0.6) is 0 Å². The topological polar surface area (TPSA) is 41.3 Å². The van der Waals surface area contributed by atoms with E-state index in [9.17, 15) is 9.50 Å². The summed E-state index contributed by atoms with van der Waals surface area (Å²) < 4.78 is 15.4. The second kappa shape index (κ2) is 6.84. The average Bonchev–Trinajstić information content (AvgIpc) is 3.02. The molecule has 25 heavy (non-hydrogen) atoms. The van der Waals surface area contributed by atoms with E-state index in [2.05, 4.69) is 15.5 Å². The van der Waals surface area contributed by atoms with Gasteiger partial charge in [0.25, 0.3) is 0 Å². The Morgan fingerprint density at radius 3 is 2.68 bits per heavy atom. The number of aromatic nitrogens is 2. The van der Waals surface area contributed by atoms with Crippen LogP contribution in [0.3, 0.4) is 0 Å². The Morgan fingerprint density at radius 2 is 1.88 bits per heavy atom. The van der Waals surface area contributed by atoms with Crippen LogP contribution >= 0.6 is 0 Å². The molecular formula is C20H22FN3O. The van der Waals surface area contributed by atoms with Crippen LogP contribution in [0.2, 0.25) is 0 Å². The molecule has 0 unspecified atom stereocenters. The van der Waals surface area contributed by atoms with Crippen LogP contribution in [-0.2, 0) is 6.54 Å². The molecule has 5 heteroatoms. The minimum absolute atomic E-state index is 0.109. The molecule has 2 aromatic carbocycles. The molecule has 4 rings (SSSR count). The standard InChI is InChI=1S/C20H22FN3O/c21-16-10-8-15(9-11-16)13-24-19-7-2-1-6-18(19)22-20(24)23-12-4-3-5-17(23)14-25/h1-2,6-11,17,25H,3-5,12-14H2/t17-/m0/s1. The number of anilines is 1. The smallest absolute Gasteiger partial charge is 0.207 e. The molecule has 1 fully saturated rings. The van der Waals surface area contributed by atoms with Gasteiger partial charge in [0, 0.05) is 6.54 Å². The van der Waals surface area contributed by atoms with Crippen molar-refractivity contribution in [1.82, 2.24) is 9.55 Å². The number of benzene rings is 2. The second-order valence-corrected chi connectivity index (χ2v) is 6.64. The maximum atomic E-state index is 13.2. The van der Waals surface area contributed by atoms with Gasteiger partial charge in [-0.1, -0.05) is 24.3 Å². The van der Waals surface area contributed by atoms with Crippen LogP contribution < -0.4 is 4.90 Å². The van der Waals surface area contributed by atoms with Gasteiger partial charge >= 0.3 is 0 Å². The first-order valence-corrected chi connectivity index (χ1v) is 8.83. The molecule has 0 radical (unpaired) electrons. The highest BCUT2D eigenvalue weighted by Crippen LogP contribution is 2.29. The predicted octanol–water partition coefficient (Wildman–Crippen LogP) is 3.57. The van der Waals surface area contributed by atoms with Crippen molar-refractivity contribution < 1.29 is 9.50 Å². The molecule has 1 aliphatic rings. The minimum Gasteiger partial charge on any atom is -0.394 e. The Kier molecular flexibility index (Phi) is 4.40. The zero-order chi connectivity index (χ0) is 17.2. The van der Waals surface area contributed by atoms with Crippen molar-refractivity contribution in [1.29, 1.82) is 0 Å². The van der Waals surface area contributed by atoms with Crippen LogP contribution in [0.1, 0.15) is 24.8 Å². The summed E-state index contributed by atoms with van der Waals surface area (Å²) in [6.07, 6.45) is 3.23. The van der Waals surface area contributed by atoms with E-state index >= 15 is 0 Å². The number of fused-ring (bicyclic) bond motifs is 1. The van der Waals surface area contributed by atoms with E-state index in [4.69, 9.17) is 4.98 Å². The number of hydrogen-bond acceptors (Lipinski definition) is 3. The molecule has 0 aliphatic carbocycles. The summed E-state index contributed by atoms with van der Waals surface area (Å²) >= 11 is 0. The largest absolute Gasteiger partial charge is 0.394 e. The maximum absolute atomic E-state index is 13.2. The first kappa shape index (κ1) is 16.1. The zero-order valence-electron chi connectivity index (χ0n) is 14.1. The molecule has 130 valence electrons. The van der Waals surface area contributed by atoms with Crippen molar-refractivity contribution in [2.45, 2.75) is 31.8 Å². The van der Waals surface area contributed by atoms with Crippen LogP contribution in [0.25, 0.3) is 11.0 Å². The third kappa shape index (κ3) is 3.12. The quantitative estimate of drug-likeness (QED) is 0.790. The summed E-state index contributed by atoms with van der Waals surface area (Å²) in [5, 5.41) is 9.79. The molecule has 4 nitrogen and oxygen atoms in total.